The van der Waals surface area contributed by atoms with Crippen LogP contribution in [0.3, 0.4) is 0 Å². The highest BCUT2D eigenvalue weighted by Gasteiger charge is 2.27. The van der Waals surface area contributed by atoms with E-state index in [4.69, 9.17) is 21.7 Å². The number of thiocarbonyl (C=S) groups is 1. The summed E-state index contributed by atoms with van der Waals surface area (Å²) in [6.45, 7) is 0. The summed E-state index contributed by atoms with van der Waals surface area (Å²) >= 11 is 6.05. The minimum Gasteiger partial charge on any atom is -0.497 e. The van der Waals surface area contributed by atoms with Gasteiger partial charge in [-0.2, -0.15) is 0 Å². The molecule has 0 unspecified atom stereocenters. The largest absolute Gasteiger partial charge is 0.497 e. The van der Waals surface area contributed by atoms with E-state index < -0.39 is 0 Å². The molecule has 0 aromatic heterocycles. The summed E-state index contributed by atoms with van der Waals surface area (Å²) in [5.74, 6) is 1.76. The molecule has 7 heteroatoms. The monoisotopic (exact) mass is 526 g/mol. The second-order valence-corrected chi connectivity index (χ2v) is 12.5. The molecule has 2 aromatic rings. The van der Waals surface area contributed by atoms with Crippen molar-refractivity contribution in [1.82, 2.24) is 0 Å². The van der Waals surface area contributed by atoms with Crippen molar-refractivity contribution in [1.29, 1.82) is 0 Å². The average Bonchev–Trinajstić information content (AvgIpc) is 3.55. The third kappa shape index (κ3) is 4.98. The maximum atomic E-state index is 6.05. The molecule has 33 heavy (non-hydrogen) atoms. The van der Waals surface area contributed by atoms with E-state index in [2.05, 4.69) is 36.4 Å². The molecule has 168 valence electrons. The minimum atomic E-state index is 0.882. The average molecular weight is 527 g/mol. The highest BCUT2D eigenvalue weighted by Crippen LogP contribution is 2.54. The molecule has 2 aliphatic heterocycles. The van der Waals surface area contributed by atoms with Gasteiger partial charge in [-0.1, -0.05) is 79.7 Å². The maximum absolute atomic E-state index is 6.05. The van der Waals surface area contributed by atoms with Gasteiger partial charge in [0.15, 0.2) is 0 Å². The zero-order valence-corrected chi connectivity index (χ0v) is 22.3. The smallest absolute Gasteiger partial charge is 0.118 e. The topological polar surface area (TPSA) is 18.5 Å². The fourth-order valence-electron chi connectivity index (χ4n) is 3.88. The lowest BCUT2D eigenvalue weighted by Crippen LogP contribution is -2.12. The van der Waals surface area contributed by atoms with E-state index in [1.807, 2.05) is 67.4 Å². The van der Waals surface area contributed by atoms with Crippen molar-refractivity contribution >= 4 is 70.1 Å². The number of methoxy groups -OCH3 is 2. The molecule has 0 N–H and O–H groups in total. The summed E-state index contributed by atoms with van der Waals surface area (Å²) in [4.78, 5) is 6.22. The fourth-order valence-corrected chi connectivity index (χ4v) is 9.52. The number of hydrogen-bond donors (Lipinski definition) is 0. The summed E-state index contributed by atoms with van der Waals surface area (Å²) in [6.07, 6.45) is 7.87. The lowest BCUT2D eigenvalue weighted by Gasteiger charge is -2.21. The summed E-state index contributed by atoms with van der Waals surface area (Å²) in [7, 11) is 10.7. The molecule has 0 amide bonds. The fraction of sp³-hybridized carbons (Fsp3) is 0.192. The lowest BCUT2D eigenvalue weighted by molar-refractivity contribution is 0.414. The Balaban J connectivity index is 1.41. The van der Waals surface area contributed by atoms with Gasteiger partial charge >= 0.3 is 0 Å². The van der Waals surface area contributed by atoms with Gasteiger partial charge in [-0.3, -0.25) is 0 Å². The van der Waals surface area contributed by atoms with Crippen LogP contribution in [0.4, 0.5) is 0 Å². The van der Waals surface area contributed by atoms with Gasteiger partial charge in [0.05, 0.1) is 14.2 Å². The van der Waals surface area contributed by atoms with Gasteiger partial charge in [-0.05, 0) is 78.0 Å². The molecular formula is C26H22O2S5. The number of allylic oxidation sites excluding steroid dienone is 4. The zero-order chi connectivity index (χ0) is 22.8. The van der Waals surface area contributed by atoms with E-state index in [-0.39, 0.29) is 0 Å². The van der Waals surface area contributed by atoms with Gasteiger partial charge in [0.25, 0.3) is 0 Å². The molecule has 0 atom stereocenters. The van der Waals surface area contributed by atoms with Crippen molar-refractivity contribution in [3.8, 4) is 11.5 Å². The van der Waals surface area contributed by atoms with Gasteiger partial charge in [0.1, 0.15) is 11.5 Å². The Morgan fingerprint density at radius 2 is 1.06 bits per heavy atom. The van der Waals surface area contributed by atoms with Crippen LogP contribution in [-0.2, 0) is 0 Å². The standard InChI is InChI=1S/C26H22O2S5/c1-27-18-10-6-16(7-11-18)22-14-24(32-30-22)20-4-3-5-21(26(20)29)25-15-23(31-33-25)17-8-12-19(28-2)13-9-17/h6-15H,3-5H2,1-2H3/b24-20-,25-21+. The summed E-state index contributed by atoms with van der Waals surface area (Å²) in [5, 5.41) is 0. The second kappa shape index (κ2) is 10.4. The third-order valence-corrected chi connectivity index (χ3v) is 11.2. The van der Waals surface area contributed by atoms with Gasteiger partial charge < -0.3 is 9.47 Å². The van der Waals surface area contributed by atoms with Crippen LogP contribution in [0, 0.1) is 0 Å². The number of hydrogen-bond acceptors (Lipinski definition) is 7. The SMILES string of the molecule is COc1ccc(C2=C/C(=C3\CCC/C(=C4/C=C(c5ccc(OC)cc5)SS4)C3=S)SS2)cc1. The van der Waals surface area contributed by atoms with Crippen molar-refractivity contribution < 1.29 is 9.47 Å². The van der Waals surface area contributed by atoms with E-state index in [1.165, 1.54) is 41.9 Å². The van der Waals surface area contributed by atoms with Crippen LogP contribution in [0.5, 0.6) is 11.5 Å². The Labute approximate surface area is 216 Å². The van der Waals surface area contributed by atoms with Crippen LogP contribution in [0.15, 0.2) is 81.6 Å². The van der Waals surface area contributed by atoms with E-state index >= 15 is 0 Å². The molecule has 0 spiro atoms. The number of ether oxygens (including phenoxy) is 2. The first kappa shape index (κ1) is 23.2. The maximum Gasteiger partial charge on any atom is 0.118 e. The van der Waals surface area contributed by atoms with Gasteiger partial charge in [-0.25, -0.2) is 0 Å². The molecule has 5 rings (SSSR count). The highest BCUT2D eigenvalue weighted by molar-refractivity contribution is 8.82. The van der Waals surface area contributed by atoms with Crippen LogP contribution in [0.1, 0.15) is 30.4 Å². The van der Waals surface area contributed by atoms with E-state index in [0.717, 1.165) is 35.6 Å². The predicted octanol–water partition coefficient (Wildman–Crippen LogP) is 8.94. The van der Waals surface area contributed by atoms with Crippen LogP contribution < -0.4 is 9.47 Å². The van der Waals surface area contributed by atoms with Crippen LogP contribution >= 0.6 is 55.4 Å². The molecule has 0 saturated heterocycles. The van der Waals surface area contributed by atoms with E-state index in [9.17, 15) is 0 Å². The van der Waals surface area contributed by atoms with Crippen molar-refractivity contribution in [2.75, 3.05) is 14.2 Å². The molecule has 2 nitrogen and oxygen atoms in total. The number of benzene rings is 2. The Morgan fingerprint density at radius 3 is 1.45 bits per heavy atom. The van der Waals surface area contributed by atoms with Crippen LogP contribution in [-0.4, -0.2) is 19.1 Å². The Bertz CT molecular complexity index is 1110. The molecular weight excluding hydrogens is 505 g/mol. The normalized spacial score (nSPS) is 22.9. The van der Waals surface area contributed by atoms with Gasteiger partial charge in [0.2, 0.25) is 0 Å². The van der Waals surface area contributed by atoms with Crippen molar-refractivity contribution in [3.05, 3.63) is 92.8 Å². The van der Waals surface area contributed by atoms with Crippen LogP contribution in [0.2, 0.25) is 0 Å². The third-order valence-electron chi connectivity index (χ3n) is 5.71. The van der Waals surface area contributed by atoms with Gasteiger partial charge in [0, 0.05) is 24.5 Å². The first-order valence-corrected chi connectivity index (χ1v) is 15.3. The predicted molar refractivity (Wildman–Crippen MR) is 153 cm³/mol. The van der Waals surface area contributed by atoms with Crippen molar-refractivity contribution in [3.63, 3.8) is 0 Å². The Kier molecular flexibility index (Phi) is 7.33. The summed E-state index contributed by atoms with van der Waals surface area (Å²) < 4.78 is 10.6. The molecule has 3 aliphatic rings. The van der Waals surface area contributed by atoms with Crippen LogP contribution in [0.25, 0.3) is 9.81 Å². The second-order valence-electron chi connectivity index (χ2n) is 7.68. The quantitative estimate of drug-likeness (QED) is 0.222. The zero-order valence-electron chi connectivity index (χ0n) is 18.3. The molecule has 1 saturated carbocycles. The minimum absolute atomic E-state index is 0.882. The molecule has 0 bridgehead atoms. The Morgan fingerprint density at radius 1 is 0.636 bits per heavy atom. The summed E-state index contributed by atoms with van der Waals surface area (Å²) in [5.41, 5.74) is 5.10. The van der Waals surface area contributed by atoms with Crippen molar-refractivity contribution in [2.24, 2.45) is 0 Å². The molecule has 1 aliphatic carbocycles. The van der Waals surface area contributed by atoms with E-state index in [1.54, 1.807) is 14.2 Å². The Hall–Kier alpha value is -1.51. The highest BCUT2D eigenvalue weighted by atomic mass is 33.1. The number of rotatable bonds is 4. The molecule has 2 aromatic carbocycles. The van der Waals surface area contributed by atoms with E-state index in [0.29, 0.717) is 0 Å². The summed E-state index contributed by atoms with van der Waals surface area (Å²) in [6, 6.07) is 16.5. The molecule has 2 heterocycles. The molecule has 1 fully saturated rings. The van der Waals surface area contributed by atoms with Gasteiger partial charge in [-0.15, -0.1) is 0 Å². The molecule has 0 radical (unpaired) electrons. The first-order chi connectivity index (χ1) is 16.2. The van der Waals surface area contributed by atoms with Crippen molar-refractivity contribution in [2.45, 2.75) is 19.3 Å². The first-order valence-electron chi connectivity index (χ1n) is 10.6. The lowest BCUT2D eigenvalue weighted by atomic mass is 9.89.